The molecule has 0 saturated carbocycles. The van der Waals surface area contributed by atoms with E-state index in [1.165, 1.54) is 13.0 Å². The Morgan fingerprint density at radius 3 is 2.44 bits per heavy atom. The Morgan fingerprint density at radius 1 is 1.22 bits per heavy atom. The number of carbonyl (C=O) groups excluding carboxylic acids is 1. The van der Waals surface area contributed by atoms with E-state index in [9.17, 15) is 13.2 Å². The molecule has 0 aliphatic rings. The summed E-state index contributed by atoms with van der Waals surface area (Å²) < 4.78 is 23.1. The minimum atomic E-state index is -3.79. The van der Waals surface area contributed by atoms with Crippen molar-refractivity contribution in [1.82, 2.24) is 0 Å². The van der Waals surface area contributed by atoms with Crippen molar-refractivity contribution >= 4 is 52.2 Å². The summed E-state index contributed by atoms with van der Waals surface area (Å²) >= 11 is 3.23. The van der Waals surface area contributed by atoms with Gasteiger partial charge in [-0.3, -0.25) is 4.79 Å². The second-order valence-corrected chi connectivity index (χ2v) is 7.13. The molecule has 94 valence electrons. The quantitative estimate of drug-likeness (QED) is 0.614. The van der Waals surface area contributed by atoms with Crippen LogP contribution in [0, 0.1) is 0 Å². The third-order valence-corrected chi connectivity index (χ3v) is 5.07. The molecule has 18 heavy (non-hydrogen) atoms. The minimum absolute atomic E-state index is 0.0206. The summed E-state index contributed by atoms with van der Waals surface area (Å²) in [7, 11) is 1.54. The molecule has 2 aromatic carbocycles. The molecule has 0 aliphatic carbocycles. The van der Waals surface area contributed by atoms with E-state index < -0.39 is 9.05 Å². The lowest BCUT2D eigenvalue weighted by molar-refractivity contribution is 0.101. The second-order valence-electron chi connectivity index (χ2n) is 3.81. The highest BCUT2D eigenvalue weighted by Crippen LogP contribution is 2.32. The monoisotopic (exact) mass is 346 g/mol. The Balaban J connectivity index is 2.78. The predicted octanol–water partition coefficient (Wildman–Crippen LogP) is 3.73. The van der Waals surface area contributed by atoms with Crippen LogP contribution in [0.5, 0.6) is 0 Å². The molecule has 0 radical (unpaired) electrons. The van der Waals surface area contributed by atoms with Crippen LogP contribution in [0.15, 0.2) is 39.7 Å². The van der Waals surface area contributed by atoms with E-state index in [1.807, 2.05) is 0 Å². The van der Waals surface area contributed by atoms with Gasteiger partial charge in [0.05, 0.1) is 4.90 Å². The van der Waals surface area contributed by atoms with Crippen LogP contribution in [0.4, 0.5) is 0 Å². The van der Waals surface area contributed by atoms with Crippen molar-refractivity contribution in [3.05, 3.63) is 40.4 Å². The molecule has 0 heterocycles. The van der Waals surface area contributed by atoms with Gasteiger partial charge in [0.15, 0.2) is 5.78 Å². The average Bonchev–Trinajstić information content (AvgIpc) is 2.27. The number of carbonyl (C=O) groups is 1. The second kappa shape index (κ2) is 4.64. The molecule has 0 atom stereocenters. The number of benzene rings is 2. The van der Waals surface area contributed by atoms with Crippen molar-refractivity contribution in [2.75, 3.05) is 0 Å². The highest BCUT2D eigenvalue weighted by molar-refractivity contribution is 9.10. The van der Waals surface area contributed by atoms with Crippen LogP contribution < -0.4 is 0 Å². The summed E-state index contributed by atoms with van der Waals surface area (Å²) in [6.45, 7) is 1.48. The number of halogens is 2. The first kappa shape index (κ1) is 13.5. The molecule has 0 spiro atoms. The van der Waals surface area contributed by atoms with Crippen molar-refractivity contribution in [2.24, 2.45) is 0 Å². The standard InChI is InChI=1S/C12H8BrClO3S/c1-7(15)8-2-4-10-9(6-8)3-5-11(12(10)13)18(14,16)17/h2-6H,1H3. The number of hydrogen-bond acceptors (Lipinski definition) is 3. The van der Waals surface area contributed by atoms with Crippen molar-refractivity contribution < 1.29 is 13.2 Å². The van der Waals surface area contributed by atoms with E-state index in [0.29, 0.717) is 15.4 Å². The smallest absolute Gasteiger partial charge is 0.262 e. The van der Waals surface area contributed by atoms with Gasteiger partial charge < -0.3 is 0 Å². The lowest BCUT2D eigenvalue weighted by Crippen LogP contribution is -1.95. The largest absolute Gasteiger partial charge is 0.295 e. The summed E-state index contributed by atoms with van der Waals surface area (Å²) in [5, 5.41) is 1.47. The average molecular weight is 348 g/mol. The lowest BCUT2D eigenvalue weighted by atomic mass is 10.1. The Morgan fingerprint density at radius 2 is 1.89 bits per heavy atom. The van der Waals surface area contributed by atoms with E-state index in [-0.39, 0.29) is 10.7 Å². The maximum Gasteiger partial charge on any atom is 0.262 e. The van der Waals surface area contributed by atoms with Crippen molar-refractivity contribution in [3.8, 4) is 0 Å². The lowest BCUT2D eigenvalue weighted by Gasteiger charge is -2.06. The molecule has 0 N–H and O–H groups in total. The first-order chi connectivity index (χ1) is 8.30. The van der Waals surface area contributed by atoms with Crippen LogP contribution in [0.3, 0.4) is 0 Å². The van der Waals surface area contributed by atoms with Gasteiger partial charge in [-0.2, -0.15) is 0 Å². The summed E-state index contributed by atoms with van der Waals surface area (Å²) in [6.07, 6.45) is 0. The van der Waals surface area contributed by atoms with Crippen molar-refractivity contribution in [2.45, 2.75) is 11.8 Å². The van der Waals surface area contributed by atoms with Crippen LogP contribution >= 0.6 is 26.6 Å². The number of ketones is 1. The fourth-order valence-electron chi connectivity index (χ4n) is 1.68. The van der Waals surface area contributed by atoms with Gasteiger partial charge in [0, 0.05) is 20.7 Å². The number of Topliss-reactive ketones (excluding diaryl/α,β-unsaturated/α-hetero) is 1. The Labute approximate surface area is 117 Å². The van der Waals surface area contributed by atoms with Gasteiger partial charge in [-0.05, 0) is 45.8 Å². The van der Waals surface area contributed by atoms with Gasteiger partial charge >= 0.3 is 0 Å². The SMILES string of the molecule is CC(=O)c1ccc2c(Br)c(S(=O)(=O)Cl)ccc2c1. The zero-order valence-corrected chi connectivity index (χ0v) is 12.4. The van der Waals surface area contributed by atoms with Crippen LogP contribution in [-0.2, 0) is 9.05 Å². The van der Waals surface area contributed by atoms with Gasteiger partial charge in [-0.25, -0.2) is 8.42 Å². The summed E-state index contributed by atoms with van der Waals surface area (Å²) in [5.41, 5.74) is 0.580. The Hall–Kier alpha value is -0.910. The molecule has 0 aliphatic heterocycles. The molecule has 3 nitrogen and oxygen atoms in total. The van der Waals surface area contributed by atoms with Crippen LogP contribution in [0.25, 0.3) is 10.8 Å². The Kier molecular flexibility index (Phi) is 3.49. The molecule has 0 bridgehead atoms. The molecule has 0 amide bonds. The highest BCUT2D eigenvalue weighted by atomic mass is 79.9. The van der Waals surface area contributed by atoms with E-state index >= 15 is 0 Å². The highest BCUT2D eigenvalue weighted by Gasteiger charge is 2.16. The topological polar surface area (TPSA) is 51.2 Å². The molecule has 0 unspecified atom stereocenters. The summed E-state index contributed by atoms with van der Waals surface area (Å²) in [6, 6.07) is 8.11. The summed E-state index contributed by atoms with van der Waals surface area (Å²) in [5.74, 6) is -0.0398. The van der Waals surface area contributed by atoms with Gasteiger partial charge in [0.2, 0.25) is 0 Å². The van der Waals surface area contributed by atoms with Gasteiger partial charge in [0.25, 0.3) is 9.05 Å². The molecule has 0 saturated heterocycles. The minimum Gasteiger partial charge on any atom is -0.295 e. The number of hydrogen-bond donors (Lipinski definition) is 0. The summed E-state index contributed by atoms with van der Waals surface area (Å²) in [4.78, 5) is 11.3. The fraction of sp³-hybridized carbons (Fsp3) is 0.0833. The Bertz CT molecular complexity index is 753. The molecule has 0 aromatic heterocycles. The van der Waals surface area contributed by atoms with Gasteiger partial charge in [-0.1, -0.05) is 18.2 Å². The molecule has 2 rings (SSSR count). The van der Waals surface area contributed by atoms with Gasteiger partial charge in [0.1, 0.15) is 0 Å². The van der Waals surface area contributed by atoms with Crippen LogP contribution in [0.2, 0.25) is 0 Å². The number of rotatable bonds is 2. The van der Waals surface area contributed by atoms with Crippen LogP contribution in [0.1, 0.15) is 17.3 Å². The molecule has 0 fully saturated rings. The third kappa shape index (κ3) is 2.43. The predicted molar refractivity (Wildman–Crippen MR) is 74.7 cm³/mol. The van der Waals surface area contributed by atoms with E-state index in [0.717, 1.165) is 5.39 Å². The normalized spacial score (nSPS) is 11.7. The zero-order chi connectivity index (χ0) is 13.5. The first-order valence-electron chi connectivity index (χ1n) is 4.98. The van der Waals surface area contributed by atoms with Crippen molar-refractivity contribution in [1.29, 1.82) is 0 Å². The zero-order valence-electron chi connectivity index (χ0n) is 9.28. The van der Waals surface area contributed by atoms with Crippen molar-refractivity contribution in [3.63, 3.8) is 0 Å². The number of fused-ring (bicyclic) bond motifs is 1. The molecule has 2 aromatic rings. The van der Waals surface area contributed by atoms with E-state index in [2.05, 4.69) is 15.9 Å². The van der Waals surface area contributed by atoms with Gasteiger partial charge in [-0.15, -0.1) is 0 Å². The fourth-order valence-corrected chi connectivity index (χ4v) is 4.03. The molecular weight excluding hydrogens is 340 g/mol. The first-order valence-corrected chi connectivity index (χ1v) is 8.09. The van der Waals surface area contributed by atoms with E-state index in [4.69, 9.17) is 10.7 Å². The maximum absolute atomic E-state index is 11.4. The molecule has 6 heteroatoms. The van der Waals surface area contributed by atoms with Crippen LogP contribution in [-0.4, -0.2) is 14.2 Å². The van der Waals surface area contributed by atoms with E-state index in [1.54, 1.807) is 24.3 Å². The maximum atomic E-state index is 11.4. The molecular formula is C12H8BrClO3S. The third-order valence-electron chi connectivity index (χ3n) is 2.59.